The summed E-state index contributed by atoms with van der Waals surface area (Å²) >= 11 is 0. The molecule has 0 radical (unpaired) electrons. The molecule has 0 aromatic heterocycles. The summed E-state index contributed by atoms with van der Waals surface area (Å²) in [5, 5.41) is 0. The summed E-state index contributed by atoms with van der Waals surface area (Å²) < 4.78 is 5.82. The minimum Gasteiger partial charge on any atom is -0.490 e. The van der Waals surface area contributed by atoms with Gasteiger partial charge in [-0.05, 0) is 74.0 Å². The van der Waals surface area contributed by atoms with Crippen molar-refractivity contribution in [2.45, 2.75) is 57.1 Å². The van der Waals surface area contributed by atoms with Crippen molar-refractivity contribution in [3.63, 3.8) is 0 Å². The molecule has 3 aliphatic carbocycles. The fourth-order valence-corrected chi connectivity index (χ4v) is 4.43. The van der Waals surface area contributed by atoms with E-state index in [0.717, 1.165) is 23.5 Å². The lowest BCUT2D eigenvalue weighted by atomic mass is 9.83. The molecule has 3 nitrogen and oxygen atoms in total. The summed E-state index contributed by atoms with van der Waals surface area (Å²) in [6, 6.07) is 8.83. The molecule has 3 heteroatoms. The predicted octanol–water partition coefficient (Wildman–Crippen LogP) is 3.56. The minimum atomic E-state index is 0.282. The topological polar surface area (TPSA) is 47.3 Å². The maximum absolute atomic E-state index is 5.83. The lowest BCUT2D eigenvalue weighted by Crippen LogP contribution is -2.30. The second-order valence-electron chi connectivity index (χ2n) is 7.28. The van der Waals surface area contributed by atoms with E-state index in [0.29, 0.717) is 6.10 Å². The van der Waals surface area contributed by atoms with Gasteiger partial charge >= 0.3 is 0 Å². The zero-order valence-corrected chi connectivity index (χ0v) is 12.6. The second-order valence-corrected chi connectivity index (χ2v) is 7.28. The van der Waals surface area contributed by atoms with Crippen LogP contribution in [0.25, 0.3) is 0 Å². The zero-order chi connectivity index (χ0) is 14.2. The average Bonchev–Trinajstić information content (AvgIpc) is 3.08. The van der Waals surface area contributed by atoms with Crippen LogP contribution in [-0.2, 0) is 0 Å². The summed E-state index contributed by atoms with van der Waals surface area (Å²) in [5.41, 5.74) is 4.33. The first-order valence-electron chi connectivity index (χ1n) is 8.54. The third-order valence-corrected chi connectivity index (χ3v) is 5.73. The van der Waals surface area contributed by atoms with Crippen molar-refractivity contribution in [2.24, 2.45) is 23.6 Å². The molecule has 21 heavy (non-hydrogen) atoms. The zero-order valence-electron chi connectivity index (χ0n) is 12.6. The third-order valence-electron chi connectivity index (χ3n) is 5.73. The monoisotopic (exact) mass is 286 g/mol. The van der Waals surface area contributed by atoms with E-state index in [1.807, 2.05) is 0 Å². The molecule has 0 spiro atoms. The molecule has 0 heterocycles. The Hall–Kier alpha value is -1.06. The number of nitrogens with two attached hydrogens (primary N) is 1. The van der Waals surface area contributed by atoms with Gasteiger partial charge in [0.1, 0.15) is 5.75 Å². The number of hydrogen-bond donors (Lipinski definition) is 2. The Morgan fingerprint density at radius 1 is 1.10 bits per heavy atom. The molecule has 114 valence electrons. The third kappa shape index (κ3) is 2.95. The number of fused-ring (bicyclic) bond motifs is 2. The number of nitrogens with one attached hydrogen (secondary N) is 1. The standard InChI is InChI=1S/C18H26N2O/c19-20-18(11-15-10-12-1-2-14(15)9-12)13-3-5-16(6-4-13)21-17-7-8-17/h3-6,12,14-15,17-18,20H,1-2,7-11,19H2. The van der Waals surface area contributed by atoms with Crippen molar-refractivity contribution in [2.75, 3.05) is 0 Å². The van der Waals surface area contributed by atoms with Crippen molar-refractivity contribution >= 4 is 0 Å². The molecule has 4 atom stereocenters. The van der Waals surface area contributed by atoms with Crippen molar-refractivity contribution in [1.82, 2.24) is 5.43 Å². The first-order valence-corrected chi connectivity index (χ1v) is 8.54. The Morgan fingerprint density at radius 2 is 1.90 bits per heavy atom. The van der Waals surface area contributed by atoms with Crippen LogP contribution in [0.3, 0.4) is 0 Å². The molecule has 3 N–H and O–H groups in total. The van der Waals surface area contributed by atoms with E-state index in [1.165, 1.54) is 50.5 Å². The van der Waals surface area contributed by atoms with Crippen molar-refractivity contribution in [3.8, 4) is 5.75 Å². The van der Waals surface area contributed by atoms with Crippen LogP contribution in [0.1, 0.15) is 56.6 Å². The van der Waals surface area contributed by atoms with E-state index < -0.39 is 0 Å². The van der Waals surface area contributed by atoms with E-state index in [2.05, 4.69) is 29.7 Å². The maximum atomic E-state index is 5.83. The van der Waals surface area contributed by atoms with E-state index in [-0.39, 0.29) is 6.04 Å². The maximum Gasteiger partial charge on any atom is 0.119 e. The molecular formula is C18H26N2O. The van der Waals surface area contributed by atoms with Crippen molar-refractivity contribution < 1.29 is 4.74 Å². The van der Waals surface area contributed by atoms with Gasteiger partial charge in [0.15, 0.2) is 0 Å². The molecule has 4 rings (SSSR count). The van der Waals surface area contributed by atoms with Crippen LogP contribution in [0.15, 0.2) is 24.3 Å². The average molecular weight is 286 g/mol. The van der Waals surface area contributed by atoms with Crippen LogP contribution in [0, 0.1) is 17.8 Å². The summed E-state index contributed by atoms with van der Waals surface area (Å²) in [4.78, 5) is 0. The Labute approximate surface area is 127 Å². The SMILES string of the molecule is NNC(CC1CC2CCC1C2)c1ccc(OC2CC2)cc1. The van der Waals surface area contributed by atoms with Crippen LogP contribution in [0.4, 0.5) is 0 Å². The highest BCUT2D eigenvalue weighted by molar-refractivity contribution is 5.29. The minimum absolute atomic E-state index is 0.282. The van der Waals surface area contributed by atoms with Crippen molar-refractivity contribution in [3.05, 3.63) is 29.8 Å². The number of hydrazine groups is 1. The van der Waals surface area contributed by atoms with Gasteiger partial charge in [0.25, 0.3) is 0 Å². The number of hydrogen-bond acceptors (Lipinski definition) is 3. The molecule has 0 saturated heterocycles. The van der Waals surface area contributed by atoms with Crippen LogP contribution >= 0.6 is 0 Å². The summed E-state index contributed by atoms with van der Waals surface area (Å²) in [7, 11) is 0. The van der Waals surface area contributed by atoms with Gasteiger partial charge in [0, 0.05) is 6.04 Å². The smallest absolute Gasteiger partial charge is 0.119 e. The fourth-order valence-electron chi connectivity index (χ4n) is 4.43. The summed E-state index contributed by atoms with van der Waals surface area (Å²) in [5.74, 6) is 9.66. The van der Waals surface area contributed by atoms with Gasteiger partial charge in [-0.2, -0.15) is 0 Å². The summed E-state index contributed by atoms with van der Waals surface area (Å²) in [6.07, 6.45) is 9.87. The van der Waals surface area contributed by atoms with Crippen LogP contribution in [0.2, 0.25) is 0 Å². The van der Waals surface area contributed by atoms with Crippen LogP contribution in [-0.4, -0.2) is 6.10 Å². The molecule has 0 aliphatic heterocycles. The Bertz CT molecular complexity index is 482. The quantitative estimate of drug-likeness (QED) is 0.621. The van der Waals surface area contributed by atoms with Gasteiger partial charge in [-0.3, -0.25) is 11.3 Å². The van der Waals surface area contributed by atoms with Crippen LogP contribution < -0.4 is 16.0 Å². The van der Waals surface area contributed by atoms with E-state index in [9.17, 15) is 0 Å². The van der Waals surface area contributed by atoms with Crippen molar-refractivity contribution in [1.29, 1.82) is 0 Å². The molecule has 1 aromatic rings. The highest BCUT2D eigenvalue weighted by Gasteiger charge is 2.40. The van der Waals surface area contributed by atoms with Gasteiger partial charge in [0.2, 0.25) is 0 Å². The molecule has 3 aliphatic rings. The van der Waals surface area contributed by atoms with E-state index in [4.69, 9.17) is 10.6 Å². The first kappa shape index (κ1) is 13.6. The summed E-state index contributed by atoms with van der Waals surface area (Å²) in [6.45, 7) is 0. The molecular weight excluding hydrogens is 260 g/mol. The Morgan fingerprint density at radius 3 is 2.48 bits per heavy atom. The van der Waals surface area contributed by atoms with Gasteiger partial charge in [-0.15, -0.1) is 0 Å². The number of benzene rings is 1. The molecule has 0 amide bonds. The lowest BCUT2D eigenvalue weighted by molar-refractivity contribution is 0.279. The van der Waals surface area contributed by atoms with Crippen LogP contribution in [0.5, 0.6) is 5.75 Å². The Kier molecular flexibility index (Phi) is 3.64. The van der Waals surface area contributed by atoms with Gasteiger partial charge in [-0.25, -0.2) is 0 Å². The Balaban J connectivity index is 1.40. The normalized spacial score (nSPS) is 32.3. The van der Waals surface area contributed by atoms with Gasteiger partial charge in [0.05, 0.1) is 6.10 Å². The highest BCUT2D eigenvalue weighted by atomic mass is 16.5. The molecule has 3 saturated carbocycles. The molecule has 1 aromatic carbocycles. The molecule has 3 fully saturated rings. The predicted molar refractivity (Wildman–Crippen MR) is 83.7 cm³/mol. The number of ether oxygens (including phenoxy) is 1. The van der Waals surface area contributed by atoms with E-state index >= 15 is 0 Å². The molecule has 2 bridgehead atoms. The van der Waals surface area contributed by atoms with Gasteiger partial charge in [-0.1, -0.05) is 18.6 Å². The lowest BCUT2D eigenvalue weighted by Gasteiger charge is -2.26. The van der Waals surface area contributed by atoms with E-state index in [1.54, 1.807) is 0 Å². The molecule has 4 unspecified atom stereocenters. The van der Waals surface area contributed by atoms with Gasteiger partial charge < -0.3 is 4.74 Å². The largest absolute Gasteiger partial charge is 0.490 e. The highest BCUT2D eigenvalue weighted by Crippen LogP contribution is 2.50. The second kappa shape index (κ2) is 5.62. The first-order chi connectivity index (χ1) is 10.3. The fraction of sp³-hybridized carbons (Fsp3) is 0.667. The number of rotatable bonds is 6.